The van der Waals surface area contributed by atoms with E-state index < -0.39 is 24.3 Å². The first-order chi connectivity index (χ1) is 20.6. The molecule has 43 heavy (non-hydrogen) atoms. The van der Waals surface area contributed by atoms with E-state index in [1.54, 1.807) is 54.7 Å². The third-order valence-corrected chi connectivity index (χ3v) is 9.60. The number of amides is 1. The molecule has 0 aliphatic carbocycles. The Bertz CT molecular complexity index is 1320. The zero-order valence-electron chi connectivity index (χ0n) is 25.3. The van der Waals surface area contributed by atoms with E-state index in [-0.39, 0.29) is 29.0 Å². The fourth-order valence-electron chi connectivity index (χ4n) is 4.52. The van der Waals surface area contributed by atoms with Crippen LogP contribution in [0.25, 0.3) is 0 Å². The highest BCUT2D eigenvalue weighted by Crippen LogP contribution is 2.28. The second-order valence-corrected chi connectivity index (χ2v) is 13.1. The Balaban J connectivity index is 1.72. The molecule has 0 heterocycles. The minimum atomic E-state index is -1.15. The number of ketones is 2. The number of benzene rings is 3. The average Bonchev–Trinajstić information content (AvgIpc) is 3.00. The van der Waals surface area contributed by atoms with Crippen LogP contribution in [0.1, 0.15) is 71.4 Å². The van der Waals surface area contributed by atoms with Gasteiger partial charge in [0.25, 0.3) is 5.91 Å². The van der Waals surface area contributed by atoms with E-state index in [1.807, 2.05) is 20.8 Å². The molecular weight excluding hydrogens is 579 g/mol. The van der Waals surface area contributed by atoms with Gasteiger partial charge in [0, 0.05) is 44.3 Å². The van der Waals surface area contributed by atoms with Crippen molar-refractivity contribution >= 4 is 47.0 Å². The topological polar surface area (TPSA) is 101 Å². The van der Waals surface area contributed by atoms with Gasteiger partial charge in [-0.1, -0.05) is 74.2 Å². The van der Waals surface area contributed by atoms with Crippen LogP contribution in [0.15, 0.2) is 82.6 Å². The summed E-state index contributed by atoms with van der Waals surface area (Å²) in [5, 5.41) is 12.0. The molecule has 0 aliphatic rings. The van der Waals surface area contributed by atoms with Crippen LogP contribution in [0.5, 0.6) is 0 Å². The number of rotatable bonds is 17. The van der Waals surface area contributed by atoms with Gasteiger partial charge in [-0.05, 0) is 56.7 Å². The molecule has 2 N–H and O–H groups in total. The zero-order valence-corrected chi connectivity index (χ0v) is 26.9. The number of carboxylic acids is 1. The molecule has 0 saturated carbocycles. The molecule has 6 nitrogen and oxygen atoms in total. The highest BCUT2D eigenvalue weighted by molar-refractivity contribution is 8.00. The number of carbonyl (C=O) groups excluding carboxylic acids is 3. The number of hydrogen-bond donors (Lipinski definition) is 2. The lowest BCUT2D eigenvalue weighted by Crippen LogP contribution is -2.44. The largest absolute Gasteiger partial charge is 0.481 e. The van der Waals surface area contributed by atoms with Crippen molar-refractivity contribution in [1.29, 1.82) is 0 Å². The van der Waals surface area contributed by atoms with Crippen LogP contribution in [0.3, 0.4) is 0 Å². The lowest BCUT2D eigenvalue weighted by atomic mass is 9.93. The molecule has 0 aromatic heterocycles. The van der Waals surface area contributed by atoms with Gasteiger partial charge >= 0.3 is 5.97 Å². The molecule has 0 spiro atoms. The van der Waals surface area contributed by atoms with Crippen LogP contribution in [0.2, 0.25) is 0 Å². The van der Waals surface area contributed by atoms with Crippen molar-refractivity contribution in [2.24, 2.45) is 11.8 Å². The molecule has 2 atom stereocenters. The van der Waals surface area contributed by atoms with Gasteiger partial charge in [-0.25, -0.2) is 0 Å². The first-order valence-electron chi connectivity index (χ1n) is 14.7. The summed E-state index contributed by atoms with van der Waals surface area (Å²) < 4.78 is 0. The first-order valence-corrected chi connectivity index (χ1v) is 16.6. The predicted octanol–water partition coefficient (Wildman–Crippen LogP) is 7.66. The molecule has 0 saturated heterocycles. The molecular formula is C35H41NO5S2. The van der Waals surface area contributed by atoms with E-state index in [4.69, 9.17) is 0 Å². The quantitative estimate of drug-likeness (QED) is 0.118. The molecule has 0 radical (unpaired) electrons. The third kappa shape index (κ3) is 11.0. The van der Waals surface area contributed by atoms with Gasteiger partial charge < -0.3 is 10.4 Å². The summed E-state index contributed by atoms with van der Waals surface area (Å²) in [6.07, 6.45) is 1.94. The number of aliphatic carboxylic acids is 1. The van der Waals surface area contributed by atoms with Crippen molar-refractivity contribution in [3.63, 3.8) is 0 Å². The molecule has 2 unspecified atom stereocenters. The lowest BCUT2D eigenvalue weighted by Gasteiger charge is -2.20. The SMILES string of the molecule is CCCCC(C)C(=O)C(CC(=O)O)NC(=O)c1ccc(C(=O)C(CSc2ccc(C)cc2)CSc2ccc(C)cc2)cc1. The summed E-state index contributed by atoms with van der Waals surface area (Å²) in [6.45, 7) is 7.88. The minimum absolute atomic E-state index is 0.00476. The molecule has 1 amide bonds. The highest BCUT2D eigenvalue weighted by Gasteiger charge is 2.28. The summed E-state index contributed by atoms with van der Waals surface area (Å²) >= 11 is 3.30. The van der Waals surface area contributed by atoms with E-state index in [0.717, 1.165) is 22.6 Å². The Hall–Kier alpha value is -3.36. The monoisotopic (exact) mass is 619 g/mol. The molecule has 8 heteroatoms. The fraction of sp³-hybridized carbons (Fsp3) is 0.371. The van der Waals surface area contributed by atoms with E-state index >= 15 is 0 Å². The Morgan fingerprint density at radius 2 is 1.26 bits per heavy atom. The molecule has 228 valence electrons. The van der Waals surface area contributed by atoms with Crippen molar-refractivity contribution < 1.29 is 24.3 Å². The number of unbranched alkanes of at least 4 members (excludes halogenated alkanes) is 1. The van der Waals surface area contributed by atoms with E-state index in [2.05, 4.69) is 53.8 Å². The Labute approximate surface area is 263 Å². The summed E-state index contributed by atoms with van der Waals surface area (Å²) in [7, 11) is 0. The van der Waals surface area contributed by atoms with Crippen molar-refractivity contribution in [2.75, 3.05) is 11.5 Å². The Kier molecular flexibility index (Phi) is 13.5. The average molecular weight is 620 g/mol. The summed E-state index contributed by atoms with van der Waals surface area (Å²) in [5.74, 6) is -1.37. The van der Waals surface area contributed by atoms with Gasteiger partial charge in [-0.3, -0.25) is 19.2 Å². The fourth-order valence-corrected chi connectivity index (χ4v) is 6.65. The summed E-state index contributed by atoms with van der Waals surface area (Å²) in [6, 6.07) is 21.8. The van der Waals surface area contributed by atoms with Crippen LogP contribution in [0.4, 0.5) is 0 Å². The van der Waals surface area contributed by atoms with Gasteiger partial charge in [0.2, 0.25) is 0 Å². The number of nitrogens with one attached hydrogen (secondary N) is 1. The minimum Gasteiger partial charge on any atom is -0.481 e. The van der Waals surface area contributed by atoms with Crippen LogP contribution >= 0.6 is 23.5 Å². The standard InChI is InChI=1S/C35H41NO5S2/c1-5-6-7-25(4)33(39)31(20-32(37)38)36-35(41)27-14-12-26(13-15-27)34(40)28(21-42-29-16-8-23(2)9-17-29)22-43-30-18-10-24(3)11-19-30/h8-19,25,28,31H,5-7,20-22H2,1-4H3,(H,36,41)(H,37,38). The molecule has 0 bridgehead atoms. The van der Waals surface area contributed by atoms with Crippen molar-refractivity contribution in [3.8, 4) is 0 Å². The van der Waals surface area contributed by atoms with Crippen LogP contribution in [-0.4, -0.2) is 46.1 Å². The summed E-state index contributed by atoms with van der Waals surface area (Å²) in [5.41, 5.74) is 3.13. The Morgan fingerprint density at radius 3 is 1.72 bits per heavy atom. The highest BCUT2D eigenvalue weighted by atomic mass is 32.2. The normalized spacial score (nSPS) is 12.5. The zero-order chi connectivity index (χ0) is 31.4. The number of carbonyl (C=O) groups is 4. The number of thioether (sulfide) groups is 2. The summed E-state index contributed by atoms with van der Waals surface area (Å²) in [4.78, 5) is 53.2. The second-order valence-electron chi connectivity index (χ2n) is 11.0. The van der Waals surface area contributed by atoms with Crippen molar-refractivity contribution in [3.05, 3.63) is 95.1 Å². The maximum Gasteiger partial charge on any atom is 0.305 e. The number of hydrogen-bond acceptors (Lipinski definition) is 6. The molecule has 3 aromatic rings. The second kappa shape index (κ2) is 17.1. The predicted molar refractivity (Wildman–Crippen MR) is 175 cm³/mol. The van der Waals surface area contributed by atoms with Crippen molar-refractivity contribution in [2.45, 2.75) is 69.2 Å². The first kappa shape index (κ1) is 34.1. The maximum atomic E-state index is 13.7. The molecule has 3 rings (SSSR count). The van der Waals surface area contributed by atoms with Gasteiger partial charge in [-0.15, -0.1) is 23.5 Å². The number of Topliss-reactive ketones (excluding diaryl/α,β-unsaturated/α-hetero) is 2. The number of carboxylic acid groups (broad SMARTS) is 1. The van der Waals surface area contributed by atoms with Crippen LogP contribution < -0.4 is 5.32 Å². The van der Waals surface area contributed by atoms with Crippen LogP contribution in [-0.2, 0) is 9.59 Å². The van der Waals surface area contributed by atoms with Gasteiger partial charge in [0.1, 0.15) is 0 Å². The van der Waals surface area contributed by atoms with Gasteiger partial charge in [-0.2, -0.15) is 0 Å². The Morgan fingerprint density at radius 1 is 0.767 bits per heavy atom. The van der Waals surface area contributed by atoms with E-state index in [9.17, 15) is 24.3 Å². The number of aryl methyl sites for hydroxylation is 2. The van der Waals surface area contributed by atoms with Crippen molar-refractivity contribution in [1.82, 2.24) is 5.32 Å². The van der Waals surface area contributed by atoms with E-state index in [0.29, 0.717) is 23.5 Å². The molecule has 0 fully saturated rings. The van der Waals surface area contributed by atoms with Gasteiger partial charge in [0.15, 0.2) is 11.6 Å². The molecule has 0 aliphatic heterocycles. The maximum absolute atomic E-state index is 13.7. The van der Waals surface area contributed by atoms with Crippen LogP contribution in [0, 0.1) is 25.7 Å². The molecule has 3 aromatic carbocycles. The lowest BCUT2D eigenvalue weighted by molar-refractivity contribution is -0.140. The third-order valence-electron chi connectivity index (χ3n) is 7.25. The van der Waals surface area contributed by atoms with E-state index in [1.165, 1.54) is 11.1 Å². The smallest absolute Gasteiger partial charge is 0.305 e. The van der Waals surface area contributed by atoms with Gasteiger partial charge in [0.05, 0.1) is 12.5 Å².